The number of likely N-dealkylation sites (tertiary alicyclic amines) is 1. The van der Waals surface area contributed by atoms with Gasteiger partial charge in [-0.15, -0.1) is 0 Å². The second kappa shape index (κ2) is 9.46. The van der Waals surface area contributed by atoms with Crippen LogP contribution < -0.4 is 5.32 Å². The molecule has 0 radical (unpaired) electrons. The summed E-state index contributed by atoms with van der Waals surface area (Å²) in [6.45, 7) is 1.47. The predicted molar refractivity (Wildman–Crippen MR) is 111 cm³/mol. The van der Waals surface area contributed by atoms with Crippen LogP contribution in [0.5, 0.6) is 0 Å². The first-order valence-electron chi connectivity index (χ1n) is 9.15. The van der Waals surface area contributed by atoms with Gasteiger partial charge in [-0.3, -0.25) is 14.4 Å². The van der Waals surface area contributed by atoms with E-state index in [2.05, 4.69) is 27.3 Å². The SMILES string of the molecule is COC(=O)[C@H]1C(=O)NC(SCC(=O)N2CCCC2)=C(C#N)[C@H]1c1cccc(Br)c1. The van der Waals surface area contributed by atoms with Gasteiger partial charge in [0.05, 0.1) is 29.5 Å². The molecule has 0 bridgehead atoms. The quantitative estimate of drug-likeness (QED) is 0.516. The summed E-state index contributed by atoms with van der Waals surface area (Å²) < 4.78 is 5.59. The van der Waals surface area contributed by atoms with Crippen LogP contribution >= 0.6 is 27.7 Å². The van der Waals surface area contributed by atoms with Crippen molar-refractivity contribution in [3.05, 3.63) is 44.9 Å². The lowest BCUT2D eigenvalue weighted by molar-refractivity contribution is -0.150. The van der Waals surface area contributed by atoms with E-state index in [-0.39, 0.29) is 17.2 Å². The summed E-state index contributed by atoms with van der Waals surface area (Å²) >= 11 is 4.51. The largest absolute Gasteiger partial charge is 0.468 e. The standard InChI is InChI=1S/C20H20BrN3O4S/c1-28-20(27)17-16(12-5-4-6-13(21)9-12)14(10-22)19(23-18(17)26)29-11-15(25)24-7-2-3-8-24/h4-6,9,16-17H,2-3,7-8,11H2,1H3,(H,23,26)/t16-,17-/m1/s1. The summed E-state index contributed by atoms with van der Waals surface area (Å²) in [5.41, 5.74) is 0.891. The Morgan fingerprint density at radius 2 is 2.10 bits per heavy atom. The second-order valence-corrected chi connectivity index (χ2v) is 8.66. The van der Waals surface area contributed by atoms with E-state index in [4.69, 9.17) is 4.74 Å². The van der Waals surface area contributed by atoms with Crippen LogP contribution in [0.2, 0.25) is 0 Å². The van der Waals surface area contributed by atoms with Crippen LogP contribution in [0.3, 0.4) is 0 Å². The third kappa shape index (κ3) is 4.65. The highest BCUT2D eigenvalue weighted by atomic mass is 79.9. The van der Waals surface area contributed by atoms with Gasteiger partial charge in [-0.2, -0.15) is 5.26 Å². The van der Waals surface area contributed by atoms with E-state index in [1.54, 1.807) is 23.1 Å². The highest BCUT2D eigenvalue weighted by Gasteiger charge is 2.44. The first kappa shape index (κ1) is 21.4. The molecule has 2 atom stereocenters. The van der Waals surface area contributed by atoms with E-state index in [0.29, 0.717) is 10.6 Å². The number of nitrogens with one attached hydrogen (secondary N) is 1. The first-order valence-corrected chi connectivity index (χ1v) is 10.9. The Hall–Kier alpha value is -2.31. The maximum atomic E-state index is 12.8. The Kier molecular flexibility index (Phi) is 6.98. The first-order chi connectivity index (χ1) is 14.0. The van der Waals surface area contributed by atoms with Crippen LogP contribution in [-0.4, -0.2) is 48.6 Å². The molecule has 9 heteroatoms. The topological polar surface area (TPSA) is 99.5 Å². The average molecular weight is 478 g/mol. The van der Waals surface area contributed by atoms with Crippen molar-refractivity contribution in [2.75, 3.05) is 26.0 Å². The molecule has 7 nitrogen and oxygen atoms in total. The zero-order valence-electron chi connectivity index (χ0n) is 15.8. The van der Waals surface area contributed by atoms with Gasteiger partial charge in [0.2, 0.25) is 11.8 Å². The number of nitriles is 1. The monoisotopic (exact) mass is 477 g/mol. The number of nitrogens with zero attached hydrogens (tertiary/aromatic N) is 2. The molecule has 1 saturated heterocycles. The molecule has 152 valence electrons. The smallest absolute Gasteiger partial charge is 0.319 e. The minimum absolute atomic E-state index is 0.0272. The zero-order valence-corrected chi connectivity index (χ0v) is 18.2. The van der Waals surface area contributed by atoms with E-state index >= 15 is 0 Å². The van der Waals surface area contributed by atoms with Crippen molar-refractivity contribution in [3.8, 4) is 6.07 Å². The number of methoxy groups -OCH3 is 1. The number of carbonyl (C=O) groups excluding carboxylic acids is 3. The number of thioether (sulfide) groups is 1. The molecule has 2 amide bonds. The number of allylic oxidation sites excluding steroid dienone is 1. The fourth-order valence-corrected chi connectivity index (χ4v) is 4.94. The van der Waals surface area contributed by atoms with Crippen LogP contribution in [0, 0.1) is 17.2 Å². The molecule has 1 N–H and O–H groups in total. The van der Waals surface area contributed by atoms with E-state index in [1.807, 2.05) is 6.07 Å². The van der Waals surface area contributed by atoms with Gasteiger partial charge in [0.25, 0.3) is 0 Å². The fraction of sp³-hybridized carbons (Fsp3) is 0.400. The minimum atomic E-state index is -1.18. The molecule has 1 aromatic rings. The molecule has 0 aliphatic carbocycles. The molecule has 1 aromatic carbocycles. The Morgan fingerprint density at radius 3 is 2.72 bits per heavy atom. The van der Waals surface area contributed by atoms with E-state index in [1.165, 1.54) is 7.11 Å². The second-order valence-electron chi connectivity index (χ2n) is 6.75. The molecular weight excluding hydrogens is 458 g/mol. The van der Waals surface area contributed by atoms with Crippen molar-refractivity contribution in [3.63, 3.8) is 0 Å². The van der Waals surface area contributed by atoms with Gasteiger partial charge in [-0.25, -0.2) is 0 Å². The Bertz CT molecular complexity index is 905. The summed E-state index contributed by atoms with van der Waals surface area (Å²) in [5, 5.41) is 12.8. The van der Waals surface area contributed by atoms with Crippen molar-refractivity contribution in [2.45, 2.75) is 18.8 Å². The molecule has 2 aliphatic heterocycles. The maximum Gasteiger partial charge on any atom is 0.319 e. The van der Waals surface area contributed by atoms with Gasteiger partial charge >= 0.3 is 5.97 Å². The fourth-order valence-electron chi connectivity index (χ4n) is 3.57. The molecule has 0 spiro atoms. The number of hydrogen-bond donors (Lipinski definition) is 1. The van der Waals surface area contributed by atoms with Crippen molar-refractivity contribution < 1.29 is 19.1 Å². The number of amides is 2. The Labute approximate surface area is 181 Å². The maximum absolute atomic E-state index is 12.8. The molecule has 0 saturated carbocycles. The highest BCUT2D eigenvalue weighted by Crippen LogP contribution is 2.40. The summed E-state index contributed by atoms with van der Waals surface area (Å²) in [4.78, 5) is 39.3. The number of esters is 1. The summed E-state index contributed by atoms with van der Waals surface area (Å²) in [5.74, 6) is -3.13. The number of benzene rings is 1. The minimum Gasteiger partial charge on any atom is -0.468 e. The number of rotatable bonds is 5. The lowest BCUT2D eigenvalue weighted by Crippen LogP contribution is -2.44. The van der Waals surface area contributed by atoms with Crippen LogP contribution in [-0.2, 0) is 19.1 Å². The van der Waals surface area contributed by atoms with Gasteiger partial charge in [0.15, 0.2) is 0 Å². The molecule has 2 aliphatic rings. The number of ether oxygens (including phenoxy) is 1. The number of carbonyl (C=O) groups is 3. The molecular formula is C20H20BrN3O4S. The predicted octanol–water partition coefficient (Wildman–Crippen LogP) is 2.54. The normalized spacial score (nSPS) is 21.6. The lowest BCUT2D eigenvalue weighted by Gasteiger charge is -2.31. The molecule has 0 unspecified atom stereocenters. The van der Waals surface area contributed by atoms with Gasteiger partial charge < -0.3 is 15.0 Å². The third-order valence-electron chi connectivity index (χ3n) is 4.99. The van der Waals surface area contributed by atoms with Crippen molar-refractivity contribution in [2.24, 2.45) is 5.92 Å². The van der Waals surface area contributed by atoms with Gasteiger partial charge in [-0.1, -0.05) is 39.8 Å². The van der Waals surface area contributed by atoms with E-state index in [9.17, 15) is 19.6 Å². The van der Waals surface area contributed by atoms with Gasteiger partial charge in [0.1, 0.15) is 5.92 Å². The van der Waals surface area contributed by atoms with Crippen LogP contribution in [0.4, 0.5) is 0 Å². The van der Waals surface area contributed by atoms with Gasteiger partial charge in [-0.05, 0) is 30.5 Å². The third-order valence-corrected chi connectivity index (χ3v) is 6.49. The van der Waals surface area contributed by atoms with Crippen molar-refractivity contribution in [1.82, 2.24) is 10.2 Å². The number of halogens is 1. The van der Waals surface area contributed by atoms with Crippen molar-refractivity contribution >= 4 is 45.5 Å². The molecule has 29 heavy (non-hydrogen) atoms. The Morgan fingerprint density at radius 1 is 1.38 bits per heavy atom. The number of hydrogen-bond acceptors (Lipinski definition) is 6. The van der Waals surface area contributed by atoms with Gasteiger partial charge in [0, 0.05) is 23.5 Å². The summed E-state index contributed by atoms with van der Waals surface area (Å²) in [6.07, 6.45) is 1.98. The van der Waals surface area contributed by atoms with Crippen LogP contribution in [0.25, 0.3) is 0 Å². The Balaban J connectivity index is 1.95. The summed E-state index contributed by atoms with van der Waals surface area (Å²) in [6, 6.07) is 9.27. The van der Waals surface area contributed by atoms with E-state index in [0.717, 1.165) is 42.2 Å². The van der Waals surface area contributed by atoms with Crippen molar-refractivity contribution in [1.29, 1.82) is 5.26 Å². The average Bonchev–Trinajstić information content (AvgIpc) is 3.25. The zero-order chi connectivity index (χ0) is 21.0. The molecule has 0 aromatic heterocycles. The van der Waals surface area contributed by atoms with Crippen LogP contribution in [0.1, 0.15) is 24.3 Å². The van der Waals surface area contributed by atoms with Crippen LogP contribution in [0.15, 0.2) is 39.3 Å². The lowest BCUT2D eigenvalue weighted by atomic mass is 9.78. The molecule has 1 fully saturated rings. The summed E-state index contributed by atoms with van der Waals surface area (Å²) in [7, 11) is 1.21. The van der Waals surface area contributed by atoms with E-state index < -0.39 is 23.7 Å². The molecule has 3 rings (SSSR count). The molecule has 2 heterocycles. The highest BCUT2D eigenvalue weighted by molar-refractivity contribution is 9.10.